The van der Waals surface area contributed by atoms with Gasteiger partial charge in [-0.15, -0.1) is 11.8 Å². The van der Waals surface area contributed by atoms with Crippen LogP contribution in [0.5, 0.6) is 0 Å². The van der Waals surface area contributed by atoms with Gasteiger partial charge in [0.2, 0.25) is 0 Å². The maximum Gasteiger partial charge on any atom is 0.0420 e. The molecule has 0 bridgehead atoms. The summed E-state index contributed by atoms with van der Waals surface area (Å²) in [6, 6.07) is 17.4. The van der Waals surface area contributed by atoms with Gasteiger partial charge in [0.15, 0.2) is 0 Å². The van der Waals surface area contributed by atoms with Crippen molar-refractivity contribution in [3.05, 3.63) is 64.6 Å². The average Bonchev–Trinajstić information content (AvgIpc) is 2.31. The van der Waals surface area contributed by atoms with Crippen molar-refractivity contribution in [3.8, 4) is 0 Å². The lowest BCUT2D eigenvalue weighted by Crippen LogP contribution is -1.62. The molecule has 0 aliphatic heterocycles. The first-order valence-electron chi connectivity index (χ1n) is 4.72. The van der Waals surface area contributed by atoms with E-state index in [0.717, 1.165) is 0 Å². The van der Waals surface area contributed by atoms with Crippen molar-refractivity contribution in [3.63, 3.8) is 0 Å². The molecule has 0 heterocycles. The van der Waals surface area contributed by atoms with E-state index in [4.69, 9.17) is 23.2 Å². The minimum atomic E-state index is 0.678. The summed E-state index contributed by atoms with van der Waals surface area (Å²) in [6.07, 6.45) is 2.08. The van der Waals surface area contributed by atoms with Gasteiger partial charge in [-0.3, -0.25) is 0 Å². The summed E-state index contributed by atoms with van der Waals surface area (Å²) in [4.78, 5) is 1.33. The Kier molecular flexibility index (Phi) is 6.39. The molecule has 0 spiro atoms. The fourth-order valence-electron chi connectivity index (χ4n) is 1.02. The second kappa shape index (κ2) is 7.61. The van der Waals surface area contributed by atoms with Gasteiger partial charge in [0.05, 0.1) is 0 Å². The molecule has 0 radical (unpaired) electrons. The number of thioether (sulfide) groups is 1. The van der Waals surface area contributed by atoms with Crippen molar-refractivity contribution in [2.24, 2.45) is 0 Å². The van der Waals surface area contributed by atoms with Crippen molar-refractivity contribution < 1.29 is 0 Å². The van der Waals surface area contributed by atoms with Crippen LogP contribution in [0.2, 0.25) is 10.0 Å². The zero-order valence-corrected chi connectivity index (χ0v) is 11.2. The molecule has 0 aromatic heterocycles. The standard InChI is InChI=1S/C7H8S.C6H4Cl2/c1-8-7-5-3-2-4-6-7;7-5-2-1-3-6(8)4-5/h2-6H,1H3;1-4H. The van der Waals surface area contributed by atoms with Crippen LogP contribution >= 0.6 is 35.0 Å². The van der Waals surface area contributed by atoms with Gasteiger partial charge in [-0.25, -0.2) is 0 Å². The molecule has 0 saturated heterocycles. The summed E-state index contributed by atoms with van der Waals surface area (Å²) in [5.41, 5.74) is 0. The number of hydrogen-bond acceptors (Lipinski definition) is 1. The molecule has 0 aliphatic rings. The topological polar surface area (TPSA) is 0 Å². The molecule has 2 aromatic carbocycles. The smallest absolute Gasteiger partial charge is 0.0420 e. The Bertz CT molecular complexity index is 398. The Hall–Kier alpha value is -0.630. The second-order valence-corrected chi connectivity index (χ2v) is 4.71. The van der Waals surface area contributed by atoms with Crippen LogP contribution in [-0.2, 0) is 0 Å². The highest BCUT2D eigenvalue weighted by Crippen LogP contribution is 2.14. The lowest BCUT2D eigenvalue weighted by atomic mass is 10.4. The van der Waals surface area contributed by atoms with Gasteiger partial charge in [-0.05, 0) is 36.6 Å². The van der Waals surface area contributed by atoms with Gasteiger partial charge < -0.3 is 0 Å². The molecule has 0 amide bonds. The van der Waals surface area contributed by atoms with Crippen LogP contribution in [0.15, 0.2) is 59.5 Å². The van der Waals surface area contributed by atoms with Crippen molar-refractivity contribution >= 4 is 35.0 Å². The molecule has 0 unspecified atom stereocenters. The Morgan fingerprint density at radius 3 is 1.69 bits per heavy atom. The van der Waals surface area contributed by atoms with E-state index in [1.165, 1.54) is 4.90 Å². The molecule has 0 saturated carbocycles. The Morgan fingerprint density at radius 1 is 0.812 bits per heavy atom. The van der Waals surface area contributed by atoms with Crippen LogP contribution in [0.1, 0.15) is 0 Å². The minimum Gasteiger partial charge on any atom is -0.130 e. The van der Waals surface area contributed by atoms with Crippen LogP contribution in [0.4, 0.5) is 0 Å². The third kappa shape index (κ3) is 5.45. The lowest BCUT2D eigenvalue weighted by molar-refractivity contribution is 1.47. The van der Waals surface area contributed by atoms with E-state index in [9.17, 15) is 0 Å². The van der Waals surface area contributed by atoms with E-state index in [2.05, 4.69) is 18.4 Å². The van der Waals surface area contributed by atoms with Crippen LogP contribution in [0.3, 0.4) is 0 Å². The first-order valence-corrected chi connectivity index (χ1v) is 6.70. The molecule has 16 heavy (non-hydrogen) atoms. The fraction of sp³-hybridized carbons (Fsp3) is 0.0769. The summed E-state index contributed by atoms with van der Waals surface area (Å²) < 4.78 is 0. The SMILES string of the molecule is CSc1ccccc1.Clc1cccc(Cl)c1. The number of benzene rings is 2. The summed E-state index contributed by atoms with van der Waals surface area (Å²) >= 11 is 12.9. The monoisotopic (exact) mass is 270 g/mol. The quantitative estimate of drug-likeness (QED) is 0.625. The van der Waals surface area contributed by atoms with E-state index in [1.807, 2.05) is 24.3 Å². The predicted octanol–water partition coefficient (Wildman–Crippen LogP) is 5.40. The van der Waals surface area contributed by atoms with Crippen LogP contribution in [0, 0.1) is 0 Å². The van der Waals surface area contributed by atoms with E-state index in [0.29, 0.717) is 10.0 Å². The van der Waals surface area contributed by atoms with Gasteiger partial charge in [0.1, 0.15) is 0 Å². The molecule has 0 atom stereocenters. The summed E-state index contributed by atoms with van der Waals surface area (Å²) in [6.45, 7) is 0. The molecule has 2 aromatic rings. The average molecular weight is 271 g/mol. The Labute approximate surface area is 111 Å². The van der Waals surface area contributed by atoms with Gasteiger partial charge in [-0.1, -0.05) is 47.5 Å². The number of hydrogen-bond donors (Lipinski definition) is 0. The van der Waals surface area contributed by atoms with Crippen molar-refractivity contribution in [1.82, 2.24) is 0 Å². The van der Waals surface area contributed by atoms with Gasteiger partial charge in [0.25, 0.3) is 0 Å². The highest BCUT2D eigenvalue weighted by molar-refractivity contribution is 7.98. The van der Waals surface area contributed by atoms with Crippen molar-refractivity contribution in [2.45, 2.75) is 4.90 Å². The van der Waals surface area contributed by atoms with E-state index in [-0.39, 0.29) is 0 Å². The first-order chi connectivity index (χ1) is 7.72. The predicted molar refractivity (Wildman–Crippen MR) is 74.7 cm³/mol. The highest BCUT2D eigenvalue weighted by atomic mass is 35.5. The number of rotatable bonds is 1. The van der Waals surface area contributed by atoms with Crippen LogP contribution < -0.4 is 0 Å². The Balaban J connectivity index is 0.000000160. The summed E-state index contributed by atoms with van der Waals surface area (Å²) in [7, 11) is 0. The largest absolute Gasteiger partial charge is 0.130 e. The maximum absolute atomic E-state index is 5.56. The lowest BCUT2D eigenvalue weighted by Gasteiger charge is -1.89. The number of halogens is 2. The molecule has 2 rings (SSSR count). The van der Waals surface area contributed by atoms with E-state index < -0.39 is 0 Å². The molecule has 0 fully saturated rings. The van der Waals surface area contributed by atoms with E-state index >= 15 is 0 Å². The summed E-state index contributed by atoms with van der Waals surface area (Å²) in [5.74, 6) is 0. The van der Waals surface area contributed by atoms with Crippen LogP contribution in [0.25, 0.3) is 0 Å². The third-order valence-electron chi connectivity index (χ3n) is 1.77. The minimum absolute atomic E-state index is 0.678. The highest BCUT2D eigenvalue weighted by Gasteiger charge is 1.85. The third-order valence-corrected chi connectivity index (χ3v) is 2.98. The van der Waals surface area contributed by atoms with E-state index in [1.54, 1.807) is 30.0 Å². The summed E-state index contributed by atoms with van der Waals surface area (Å²) in [5, 5.41) is 1.36. The molecule has 84 valence electrons. The second-order valence-electron chi connectivity index (χ2n) is 2.96. The van der Waals surface area contributed by atoms with Gasteiger partial charge in [0, 0.05) is 14.9 Å². The molecular formula is C13H12Cl2S. The maximum atomic E-state index is 5.56. The van der Waals surface area contributed by atoms with Gasteiger partial charge in [-0.2, -0.15) is 0 Å². The molecule has 0 nitrogen and oxygen atoms in total. The molecule has 3 heteroatoms. The zero-order chi connectivity index (χ0) is 11.8. The fourth-order valence-corrected chi connectivity index (χ4v) is 1.88. The van der Waals surface area contributed by atoms with Crippen molar-refractivity contribution in [2.75, 3.05) is 6.26 Å². The molecule has 0 aliphatic carbocycles. The van der Waals surface area contributed by atoms with Gasteiger partial charge >= 0.3 is 0 Å². The Morgan fingerprint density at radius 2 is 1.38 bits per heavy atom. The molecule has 0 N–H and O–H groups in total. The van der Waals surface area contributed by atoms with Crippen LogP contribution in [-0.4, -0.2) is 6.26 Å². The molecular weight excluding hydrogens is 259 g/mol. The van der Waals surface area contributed by atoms with Crippen molar-refractivity contribution in [1.29, 1.82) is 0 Å². The zero-order valence-electron chi connectivity index (χ0n) is 8.86. The normalized spacial score (nSPS) is 9.19. The first kappa shape index (κ1) is 13.4.